The zero-order chi connectivity index (χ0) is 11.3. The molecule has 1 atom stereocenters. The van der Waals surface area contributed by atoms with Crippen LogP contribution in [0.5, 0.6) is 0 Å². The van der Waals surface area contributed by atoms with Crippen LogP contribution in [0.2, 0.25) is 0 Å². The third kappa shape index (κ3) is 3.28. The maximum Gasteiger partial charge on any atom is 0.241 e. The lowest BCUT2D eigenvalue weighted by Gasteiger charge is -2.11. The Morgan fingerprint density at radius 1 is 1.73 bits per heavy atom. The van der Waals surface area contributed by atoms with E-state index >= 15 is 0 Å². The van der Waals surface area contributed by atoms with Gasteiger partial charge in [0.25, 0.3) is 0 Å². The van der Waals surface area contributed by atoms with Crippen molar-refractivity contribution in [1.82, 2.24) is 4.98 Å². The lowest BCUT2D eigenvalue weighted by atomic mass is 10.1. The van der Waals surface area contributed by atoms with E-state index in [1.807, 2.05) is 6.92 Å². The number of hydrogen-bond acceptors (Lipinski definition) is 3. The number of nitrogens with zero attached hydrogens (tertiary/aromatic N) is 1. The lowest BCUT2D eigenvalue weighted by molar-refractivity contribution is -0.117. The van der Waals surface area contributed by atoms with E-state index < -0.39 is 11.9 Å². The van der Waals surface area contributed by atoms with E-state index in [0.29, 0.717) is 6.42 Å². The minimum Gasteiger partial charge on any atom is -0.322 e. The summed E-state index contributed by atoms with van der Waals surface area (Å²) >= 11 is 0. The maximum absolute atomic E-state index is 13.1. The van der Waals surface area contributed by atoms with Gasteiger partial charge in [0, 0.05) is 6.20 Å². The van der Waals surface area contributed by atoms with E-state index in [2.05, 4.69) is 10.3 Å². The molecule has 0 saturated heterocycles. The van der Waals surface area contributed by atoms with Crippen molar-refractivity contribution >= 4 is 11.6 Å². The third-order valence-electron chi connectivity index (χ3n) is 1.97. The Morgan fingerprint density at radius 2 is 2.47 bits per heavy atom. The molecule has 15 heavy (non-hydrogen) atoms. The van der Waals surface area contributed by atoms with Crippen LogP contribution in [0, 0.1) is 5.82 Å². The smallest absolute Gasteiger partial charge is 0.241 e. The molecule has 0 aliphatic heterocycles. The number of aromatic nitrogens is 1. The number of nitrogens with two attached hydrogens (primary N) is 1. The van der Waals surface area contributed by atoms with Crippen LogP contribution in [0.25, 0.3) is 0 Å². The first-order chi connectivity index (χ1) is 7.15. The molecule has 1 heterocycles. The van der Waals surface area contributed by atoms with Gasteiger partial charge in [-0.05, 0) is 12.5 Å². The molecule has 82 valence electrons. The van der Waals surface area contributed by atoms with Gasteiger partial charge < -0.3 is 11.1 Å². The summed E-state index contributed by atoms with van der Waals surface area (Å²) in [6.07, 6.45) is 3.84. The fourth-order valence-corrected chi connectivity index (χ4v) is 1.14. The molecule has 1 aromatic heterocycles. The van der Waals surface area contributed by atoms with Crippen LogP contribution >= 0.6 is 0 Å². The van der Waals surface area contributed by atoms with Crippen molar-refractivity contribution in [2.24, 2.45) is 5.73 Å². The quantitative estimate of drug-likeness (QED) is 0.788. The first-order valence-corrected chi connectivity index (χ1v) is 4.81. The van der Waals surface area contributed by atoms with Crippen LogP contribution in [0.3, 0.4) is 0 Å². The molecule has 0 aliphatic carbocycles. The molecular formula is C10H14FN3O. The van der Waals surface area contributed by atoms with Crippen molar-refractivity contribution in [3.8, 4) is 0 Å². The van der Waals surface area contributed by atoms with E-state index in [9.17, 15) is 9.18 Å². The van der Waals surface area contributed by atoms with Crippen LogP contribution in [-0.2, 0) is 4.79 Å². The largest absolute Gasteiger partial charge is 0.322 e. The minimum absolute atomic E-state index is 0.113. The zero-order valence-electron chi connectivity index (χ0n) is 8.53. The molecule has 1 rings (SSSR count). The number of amides is 1. The van der Waals surface area contributed by atoms with Gasteiger partial charge in [0.1, 0.15) is 0 Å². The van der Waals surface area contributed by atoms with Gasteiger partial charge in [-0.3, -0.25) is 9.78 Å². The van der Waals surface area contributed by atoms with E-state index in [1.165, 1.54) is 12.3 Å². The van der Waals surface area contributed by atoms with Gasteiger partial charge in [-0.15, -0.1) is 0 Å². The van der Waals surface area contributed by atoms with Gasteiger partial charge in [0.15, 0.2) is 5.82 Å². The van der Waals surface area contributed by atoms with Crippen molar-refractivity contribution in [3.63, 3.8) is 0 Å². The molecule has 0 radical (unpaired) electrons. The van der Waals surface area contributed by atoms with Crippen LogP contribution in [0.1, 0.15) is 19.8 Å². The summed E-state index contributed by atoms with van der Waals surface area (Å²) in [7, 11) is 0. The number of rotatable bonds is 4. The average molecular weight is 211 g/mol. The molecule has 1 amide bonds. The molecule has 0 aliphatic rings. The fourth-order valence-electron chi connectivity index (χ4n) is 1.14. The second-order valence-electron chi connectivity index (χ2n) is 3.24. The predicted octanol–water partition coefficient (Wildman–Crippen LogP) is 1.29. The normalized spacial score (nSPS) is 12.2. The Balaban J connectivity index is 2.62. The van der Waals surface area contributed by atoms with Crippen molar-refractivity contribution in [1.29, 1.82) is 0 Å². The van der Waals surface area contributed by atoms with E-state index in [0.717, 1.165) is 12.6 Å². The Hall–Kier alpha value is -1.49. The Bertz CT molecular complexity index is 343. The van der Waals surface area contributed by atoms with Gasteiger partial charge in [-0.25, -0.2) is 4.39 Å². The van der Waals surface area contributed by atoms with Crippen LogP contribution in [0.4, 0.5) is 10.1 Å². The number of hydrogen-bond donors (Lipinski definition) is 2. The van der Waals surface area contributed by atoms with Gasteiger partial charge in [-0.2, -0.15) is 0 Å². The predicted molar refractivity (Wildman–Crippen MR) is 55.7 cm³/mol. The second kappa shape index (κ2) is 5.41. The number of anilines is 1. The third-order valence-corrected chi connectivity index (χ3v) is 1.97. The highest BCUT2D eigenvalue weighted by Crippen LogP contribution is 2.11. The summed E-state index contributed by atoms with van der Waals surface area (Å²) in [5, 5.41) is 2.42. The van der Waals surface area contributed by atoms with Crippen molar-refractivity contribution in [2.45, 2.75) is 25.8 Å². The van der Waals surface area contributed by atoms with E-state index in [4.69, 9.17) is 5.73 Å². The second-order valence-corrected chi connectivity index (χ2v) is 3.24. The maximum atomic E-state index is 13.1. The molecule has 5 heteroatoms. The standard InChI is InChI=1S/C10H14FN3O/c1-2-3-8(12)10(15)14-9-4-5-13-6-7(9)11/h4-6,8H,2-3,12H2,1H3,(H,13,14,15). The Morgan fingerprint density at radius 3 is 3.07 bits per heavy atom. The highest BCUT2D eigenvalue weighted by Gasteiger charge is 2.13. The number of carbonyl (C=O) groups excluding carboxylic acids is 1. The molecular weight excluding hydrogens is 197 g/mol. The van der Waals surface area contributed by atoms with Gasteiger partial charge in [0.05, 0.1) is 17.9 Å². The SMILES string of the molecule is CCCC(N)C(=O)Nc1ccncc1F. The molecule has 0 fully saturated rings. The molecule has 3 N–H and O–H groups in total. The molecule has 1 unspecified atom stereocenters. The highest BCUT2D eigenvalue weighted by molar-refractivity contribution is 5.94. The summed E-state index contributed by atoms with van der Waals surface area (Å²) in [6.45, 7) is 1.93. The van der Waals surface area contributed by atoms with E-state index in [-0.39, 0.29) is 11.6 Å². The highest BCUT2D eigenvalue weighted by atomic mass is 19.1. The Labute approximate surface area is 87.7 Å². The molecule has 4 nitrogen and oxygen atoms in total. The molecule has 0 aromatic carbocycles. The first kappa shape index (κ1) is 11.6. The summed E-state index contributed by atoms with van der Waals surface area (Å²) in [5.74, 6) is -0.934. The van der Waals surface area contributed by atoms with Crippen molar-refractivity contribution < 1.29 is 9.18 Å². The first-order valence-electron chi connectivity index (χ1n) is 4.81. The number of halogens is 1. The van der Waals surface area contributed by atoms with Crippen molar-refractivity contribution in [2.75, 3.05) is 5.32 Å². The monoisotopic (exact) mass is 211 g/mol. The molecule has 0 saturated carbocycles. The topological polar surface area (TPSA) is 68.0 Å². The van der Waals surface area contributed by atoms with Crippen LogP contribution in [0.15, 0.2) is 18.5 Å². The lowest BCUT2D eigenvalue weighted by Crippen LogP contribution is -2.35. The molecule has 0 bridgehead atoms. The van der Waals surface area contributed by atoms with Crippen molar-refractivity contribution in [3.05, 3.63) is 24.3 Å². The average Bonchev–Trinajstić information content (AvgIpc) is 2.21. The van der Waals surface area contributed by atoms with Crippen LogP contribution < -0.4 is 11.1 Å². The molecule has 0 spiro atoms. The summed E-state index contributed by atoms with van der Waals surface area (Å²) < 4.78 is 13.1. The summed E-state index contributed by atoms with van der Waals surface area (Å²) in [4.78, 5) is 15.0. The number of nitrogens with one attached hydrogen (secondary N) is 1. The number of carbonyl (C=O) groups is 1. The van der Waals surface area contributed by atoms with E-state index in [1.54, 1.807) is 0 Å². The zero-order valence-corrected chi connectivity index (χ0v) is 8.53. The van der Waals surface area contributed by atoms with Crippen LogP contribution in [-0.4, -0.2) is 16.9 Å². The summed E-state index contributed by atoms with van der Waals surface area (Å²) in [6, 6.07) is 0.800. The minimum atomic E-state index is -0.595. The Kier molecular flexibility index (Phi) is 4.17. The molecule has 1 aromatic rings. The van der Waals surface area contributed by atoms with Gasteiger partial charge >= 0.3 is 0 Å². The summed E-state index contributed by atoms with van der Waals surface area (Å²) in [5.41, 5.74) is 5.69. The van der Waals surface area contributed by atoms with Gasteiger partial charge in [0.2, 0.25) is 5.91 Å². The van der Waals surface area contributed by atoms with Gasteiger partial charge in [-0.1, -0.05) is 13.3 Å². The number of pyridine rings is 1. The fraction of sp³-hybridized carbons (Fsp3) is 0.400.